The van der Waals surface area contributed by atoms with Gasteiger partial charge < -0.3 is 13.6 Å². The van der Waals surface area contributed by atoms with Crippen LogP contribution in [0.1, 0.15) is 113 Å². The summed E-state index contributed by atoms with van der Waals surface area (Å²) in [7, 11) is -4.21. The molecule has 0 N–H and O–H groups in total. The molecule has 0 aliphatic rings. The predicted molar refractivity (Wildman–Crippen MR) is 166 cm³/mol. The molecule has 2 atom stereocenters. The molecule has 0 aliphatic carbocycles. The minimum absolute atomic E-state index is 0.0470. The van der Waals surface area contributed by atoms with Crippen molar-refractivity contribution in [1.82, 2.24) is 0 Å². The Morgan fingerprint density at radius 1 is 0.703 bits per heavy atom. The molecule has 0 aromatic carbocycles. The molecule has 0 saturated carbocycles. The molecule has 0 aromatic heterocycles. The van der Waals surface area contributed by atoms with Crippen molar-refractivity contribution in [3.05, 3.63) is 24.3 Å². The molecule has 6 heteroatoms. The highest BCUT2D eigenvalue weighted by molar-refractivity contribution is 6.74. The number of hydrogen-bond donors (Lipinski definition) is 0. The van der Waals surface area contributed by atoms with Crippen LogP contribution in [0.25, 0.3) is 0 Å². The van der Waals surface area contributed by atoms with Crippen LogP contribution < -0.4 is 0 Å². The van der Waals surface area contributed by atoms with Gasteiger partial charge in [0.05, 0.1) is 18.8 Å². The molecule has 0 heterocycles. The van der Waals surface area contributed by atoms with Crippen molar-refractivity contribution in [3.8, 4) is 0 Å². The average Bonchev–Trinajstić information content (AvgIpc) is 2.75. The first-order valence-corrected chi connectivity index (χ1v) is 20.7. The molecular formula is C31H62O4Si2. The van der Waals surface area contributed by atoms with Crippen molar-refractivity contribution >= 4 is 22.6 Å². The maximum atomic E-state index is 12.2. The Morgan fingerprint density at radius 3 is 1.57 bits per heavy atom. The number of rotatable bonds is 18. The average molecular weight is 555 g/mol. The standard InChI is InChI=1S/C31H62O4Si2/c1-13-15-16-17-18-19-20-21-22-23-24-27(34-36(9,10)30(3,4)5)28(25-26-29(32)33-14-2)35-37(11,12)31(6,7)8/h23-28H,13-22H2,1-12H3/b24-23-,26-25+/t27-,28-/m1/s1. The van der Waals surface area contributed by atoms with Crippen LogP contribution in [-0.4, -0.2) is 41.4 Å². The van der Waals surface area contributed by atoms with Crippen molar-refractivity contribution in [3.63, 3.8) is 0 Å². The Labute approximate surface area is 233 Å². The van der Waals surface area contributed by atoms with Crippen LogP contribution >= 0.6 is 0 Å². The molecule has 0 radical (unpaired) electrons. The molecular weight excluding hydrogens is 493 g/mol. The van der Waals surface area contributed by atoms with Crippen LogP contribution in [0.5, 0.6) is 0 Å². The lowest BCUT2D eigenvalue weighted by Gasteiger charge is -2.43. The first-order chi connectivity index (χ1) is 17.0. The van der Waals surface area contributed by atoms with E-state index in [0.717, 1.165) is 6.42 Å². The van der Waals surface area contributed by atoms with Gasteiger partial charge >= 0.3 is 5.97 Å². The molecule has 0 aliphatic heterocycles. The summed E-state index contributed by atoms with van der Waals surface area (Å²) < 4.78 is 19.0. The summed E-state index contributed by atoms with van der Waals surface area (Å²) in [6.07, 6.45) is 18.9. The summed E-state index contributed by atoms with van der Waals surface area (Å²) in [5.74, 6) is -0.333. The zero-order chi connectivity index (χ0) is 28.8. The number of allylic oxidation sites excluding steroid dienone is 1. The van der Waals surface area contributed by atoms with Gasteiger partial charge in [0.15, 0.2) is 16.6 Å². The van der Waals surface area contributed by atoms with Gasteiger partial charge in [-0.3, -0.25) is 0 Å². The monoisotopic (exact) mass is 554 g/mol. The number of ether oxygens (including phenoxy) is 1. The Bertz CT molecular complexity index is 684. The van der Waals surface area contributed by atoms with Gasteiger partial charge in [0.2, 0.25) is 0 Å². The number of carbonyl (C=O) groups is 1. The number of unbranched alkanes of at least 4 members (excludes halogenated alkanes) is 8. The van der Waals surface area contributed by atoms with Gasteiger partial charge in [-0.05, 0) is 62.1 Å². The van der Waals surface area contributed by atoms with Gasteiger partial charge in [-0.2, -0.15) is 0 Å². The van der Waals surface area contributed by atoms with E-state index in [2.05, 4.69) is 86.8 Å². The van der Waals surface area contributed by atoms with E-state index in [-0.39, 0.29) is 28.3 Å². The van der Waals surface area contributed by atoms with Crippen LogP contribution in [0, 0.1) is 0 Å². The summed E-state index contributed by atoms with van der Waals surface area (Å²) in [6.45, 7) is 27.0. The summed E-state index contributed by atoms with van der Waals surface area (Å²) in [4.78, 5) is 12.2. The minimum Gasteiger partial charge on any atom is -0.463 e. The third-order valence-corrected chi connectivity index (χ3v) is 17.0. The quantitative estimate of drug-likeness (QED) is 0.0556. The lowest BCUT2D eigenvalue weighted by Crippen LogP contribution is -2.51. The van der Waals surface area contributed by atoms with E-state index in [1.54, 1.807) is 0 Å². The van der Waals surface area contributed by atoms with Crippen LogP contribution in [0.4, 0.5) is 0 Å². The van der Waals surface area contributed by atoms with E-state index >= 15 is 0 Å². The Morgan fingerprint density at radius 2 is 1.14 bits per heavy atom. The maximum Gasteiger partial charge on any atom is 0.330 e. The molecule has 4 nitrogen and oxygen atoms in total. The van der Waals surface area contributed by atoms with Crippen LogP contribution in [-0.2, 0) is 18.4 Å². The third kappa shape index (κ3) is 14.9. The fraction of sp³-hybridized carbons (Fsp3) is 0.839. The lowest BCUT2D eigenvalue weighted by atomic mass is 10.1. The molecule has 0 rings (SSSR count). The zero-order valence-corrected chi connectivity index (χ0v) is 28.7. The van der Waals surface area contributed by atoms with Gasteiger partial charge in [-0.15, -0.1) is 0 Å². The molecule has 37 heavy (non-hydrogen) atoms. The molecule has 0 fully saturated rings. The molecule has 0 aromatic rings. The van der Waals surface area contributed by atoms with E-state index < -0.39 is 16.6 Å². The Balaban J connectivity index is 5.73. The summed E-state index contributed by atoms with van der Waals surface area (Å²) in [5, 5.41) is 0.120. The van der Waals surface area contributed by atoms with E-state index in [0.29, 0.717) is 6.61 Å². The summed E-state index contributed by atoms with van der Waals surface area (Å²) in [5.41, 5.74) is 0. The molecule has 0 amide bonds. The number of carbonyl (C=O) groups excluding carboxylic acids is 1. The highest BCUT2D eigenvalue weighted by Crippen LogP contribution is 2.40. The van der Waals surface area contributed by atoms with Crippen molar-refractivity contribution in [2.45, 2.75) is 162 Å². The number of hydrogen-bond acceptors (Lipinski definition) is 4. The molecule has 0 bridgehead atoms. The Hall–Kier alpha value is -0.696. The van der Waals surface area contributed by atoms with E-state index in [1.807, 2.05) is 13.0 Å². The first-order valence-electron chi connectivity index (χ1n) is 14.9. The van der Waals surface area contributed by atoms with Crippen LogP contribution in [0.3, 0.4) is 0 Å². The first kappa shape index (κ1) is 36.3. The molecule has 0 saturated heterocycles. The second kappa shape index (κ2) is 17.1. The third-order valence-electron chi connectivity index (χ3n) is 8.06. The van der Waals surface area contributed by atoms with Gasteiger partial charge in [-0.25, -0.2) is 4.79 Å². The fourth-order valence-electron chi connectivity index (χ4n) is 3.46. The van der Waals surface area contributed by atoms with Crippen molar-refractivity contribution in [2.75, 3.05) is 6.61 Å². The van der Waals surface area contributed by atoms with Crippen molar-refractivity contribution in [1.29, 1.82) is 0 Å². The second-order valence-electron chi connectivity index (χ2n) is 13.5. The van der Waals surface area contributed by atoms with Crippen molar-refractivity contribution in [2.24, 2.45) is 0 Å². The van der Waals surface area contributed by atoms with Crippen LogP contribution in [0.15, 0.2) is 24.3 Å². The topological polar surface area (TPSA) is 44.8 Å². The van der Waals surface area contributed by atoms with Gasteiger partial charge in [-0.1, -0.05) is 106 Å². The highest BCUT2D eigenvalue weighted by atomic mass is 28.4. The molecule has 218 valence electrons. The highest BCUT2D eigenvalue weighted by Gasteiger charge is 2.43. The lowest BCUT2D eigenvalue weighted by molar-refractivity contribution is -0.137. The van der Waals surface area contributed by atoms with E-state index in [9.17, 15) is 4.79 Å². The van der Waals surface area contributed by atoms with Gasteiger partial charge in [0.1, 0.15) is 0 Å². The Kier molecular flexibility index (Phi) is 16.8. The van der Waals surface area contributed by atoms with E-state index in [1.165, 1.54) is 57.4 Å². The summed E-state index contributed by atoms with van der Waals surface area (Å²) >= 11 is 0. The largest absolute Gasteiger partial charge is 0.463 e. The van der Waals surface area contributed by atoms with Crippen LogP contribution in [0.2, 0.25) is 36.3 Å². The number of esters is 1. The van der Waals surface area contributed by atoms with E-state index in [4.69, 9.17) is 13.6 Å². The SMILES string of the molecule is CCCCCCCCCC/C=C\[C@@H](O[Si](C)(C)C(C)(C)C)[C@@H](/C=C/C(=O)OCC)O[Si](C)(C)C(C)(C)C. The smallest absolute Gasteiger partial charge is 0.330 e. The second-order valence-corrected chi connectivity index (χ2v) is 23.0. The van der Waals surface area contributed by atoms with Gasteiger partial charge in [0, 0.05) is 6.08 Å². The minimum atomic E-state index is -2.12. The maximum absolute atomic E-state index is 12.2. The normalized spacial score (nSPS) is 15.5. The summed E-state index contributed by atoms with van der Waals surface area (Å²) in [6, 6.07) is 0. The van der Waals surface area contributed by atoms with Crippen molar-refractivity contribution < 1.29 is 18.4 Å². The molecule has 0 unspecified atom stereocenters. The van der Waals surface area contributed by atoms with Gasteiger partial charge in [0.25, 0.3) is 0 Å². The predicted octanol–water partition coefficient (Wildman–Crippen LogP) is 9.97. The zero-order valence-electron chi connectivity index (χ0n) is 26.7. The fourth-order valence-corrected chi connectivity index (χ4v) is 5.95. The molecule has 0 spiro atoms.